The van der Waals surface area contributed by atoms with Crippen LogP contribution in [0.1, 0.15) is 22.6 Å². The number of anilines is 1. The van der Waals surface area contributed by atoms with Crippen molar-refractivity contribution in [1.82, 2.24) is 24.7 Å². The predicted octanol–water partition coefficient (Wildman–Crippen LogP) is 3.66. The van der Waals surface area contributed by atoms with E-state index in [2.05, 4.69) is 39.5 Å². The van der Waals surface area contributed by atoms with Crippen molar-refractivity contribution in [3.05, 3.63) is 77.5 Å². The lowest BCUT2D eigenvalue weighted by atomic mass is 10.0. The predicted molar refractivity (Wildman–Crippen MR) is 107 cm³/mol. The number of aryl methyl sites for hydroxylation is 1. The molecule has 1 aliphatic rings. The molecule has 0 radical (unpaired) electrons. The molecule has 0 fully saturated rings. The summed E-state index contributed by atoms with van der Waals surface area (Å²) >= 11 is 1.40. The van der Waals surface area contributed by atoms with Crippen molar-refractivity contribution in [1.29, 1.82) is 0 Å². The number of aromatic nitrogens is 5. The summed E-state index contributed by atoms with van der Waals surface area (Å²) in [6, 6.07) is 12.5. The zero-order valence-corrected chi connectivity index (χ0v) is 15.4. The number of fused-ring (bicyclic) bond motifs is 1. The molecular weight excluding hydrogens is 356 g/mol. The van der Waals surface area contributed by atoms with E-state index in [0.717, 1.165) is 39.9 Å². The molecule has 3 heterocycles. The SMILES string of the molecule is Cc1nccn1-c1cccc(C2=CCc3ccc(-c4nnc(N)s4)cc32)n1. The zero-order chi connectivity index (χ0) is 18.4. The number of benzene rings is 1. The van der Waals surface area contributed by atoms with Gasteiger partial charge in [-0.05, 0) is 42.7 Å². The largest absolute Gasteiger partial charge is 0.374 e. The van der Waals surface area contributed by atoms with Crippen molar-refractivity contribution < 1.29 is 0 Å². The van der Waals surface area contributed by atoms with Crippen LogP contribution >= 0.6 is 11.3 Å². The minimum absolute atomic E-state index is 0.478. The van der Waals surface area contributed by atoms with E-state index in [4.69, 9.17) is 10.7 Å². The number of rotatable bonds is 3. The maximum atomic E-state index is 5.74. The van der Waals surface area contributed by atoms with Gasteiger partial charge in [-0.1, -0.05) is 35.6 Å². The summed E-state index contributed by atoms with van der Waals surface area (Å²) in [5.74, 6) is 1.78. The van der Waals surface area contributed by atoms with Gasteiger partial charge in [0.1, 0.15) is 16.6 Å². The number of nitrogens with zero attached hydrogens (tertiary/aromatic N) is 5. The molecule has 0 aliphatic heterocycles. The topological polar surface area (TPSA) is 82.5 Å². The van der Waals surface area contributed by atoms with Crippen LogP contribution in [-0.2, 0) is 6.42 Å². The fourth-order valence-electron chi connectivity index (χ4n) is 3.38. The van der Waals surface area contributed by atoms with E-state index in [1.807, 2.05) is 35.9 Å². The quantitative estimate of drug-likeness (QED) is 0.593. The second-order valence-corrected chi connectivity index (χ2v) is 7.37. The summed E-state index contributed by atoms with van der Waals surface area (Å²) < 4.78 is 1.99. The smallest absolute Gasteiger partial charge is 0.203 e. The van der Waals surface area contributed by atoms with Crippen LogP contribution in [-0.4, -0.2) is 24.7 Å². The Bertz CT molecular complexity index is 1190. The fraction of sp³-hybridized carbons (Fsp3) is 0.100. The number of imidazole rings is 1. The highest BCUT2D eigenvalue weighted by Crippen LogP contribution is 2.36. The normalized spacial score (nSPS) is 12.9. The van der Waals surface area contributed by atoms with Gasteiger partial charge in [-0.3, -0.25) is 4.57 Å². The highest BCUT2D eigenvalue weighted by Gasteiger charge is 2.19. The zero-order valence-electron chi connectivity index (χ0n) is 14.6. The molecular formula is C20H16N6S. The Morgan fingerprint density at radius 2 is 2.07 bits per heavy atom. The average molecular weight is 372 g/mol. The Hall–Kier alpha value is -3.32. The first kappa shape index (κ1) is 15.9. The lowest BCUT2D eigenvalue weighted by Gasteiger charge is -2.10. The minimum Gasteiger partial charge on any atom is -0.374 e. The van der Waals surface area contributed by atoms with E-state index in [1.165, 1.54) is 22.5 Å². The molecule has 0 unspecified atom stereocenters. The molecule has 6 nitrogen and oxygen atoms in total. The molecule has 0 amide bonds. The van der Waals surface area contributed by atoms with Crippen molar-refractivity contribution in [2.75, 3.05) is 5.73 Å². The number of allylic oxidation sites excluding steroid dienone is 1. The number of hydrogen-bond acceptors (Lipinski definition) is 6. The van der Waals surface area contributed by atoms with Crippen LogP contribution in [0, 0.1) is 6.92 Å². The second-order valence-electron chi connectivity index (χ2n) is 6.36. The molecule has 132 valence electrons. The van der Waals surface area contributed by atoms with Gasteiger partial charge in [0.25, 0.3) is 0 Å². The summed E-state index contributed by atoms with van der Waals surface area (Å²) in [6.07, 6.45) is 6.85. The molecule has 1 aliphatic carbocycles. The van der Waals surface area contributed by atoms with Crippen LogP contribution in [0.4, 0.5) is 5.13 Å². The minimum atomic E-state index is 0.478. The maximum absolute atomic E-state index is 5.74. The third kappa shape index (κ3) is 2.72. The van der Waals surface area contributed by atoms with Crippen LogP contribution in [0.3, 0.4) is 0 Å². The Balaban J connectivity index is 1.57. The fourth-order valence-corrected chi connectivity index (χ4v) is 3.99. The van der Waals surface area contributed by atoms with E-state index >= 15 is 0 Å². The Morgan fingerprint density at radius 1 is 1.15 bits per heavy atom. The highest BCUT2D eigenvalue weighted by molar-refractivity contribution is 7.18. The average Bonchev–Trinajstić information content (AvgIpc) is 3.40. The van der Waals surface area contributed by atoms with Gasteiger partial charge in [-0.15, -0.1) is 10.2 Å². The molecule has 5 rings (SSSR count). The third-order valence-electron chi connectivity index (χ3n) is 4.70. The summed E-state index contributed by atoms with van der Waals surface area (Å²) in [5, 5.41) is 9.40. The number of nitrogens with two attached hydrogens (primary N) is 1. The van der Waals surface area contributed by atoms with E-state index in [9.17, 15) is 0 Å². The van der Waals surface area contributed by atoms with Crippen LogP contribution < -0.4 is 5.73 Å². The van der Waals surface area contributed by atoms with E-state index in [-0.39, 0.29) is 0 Å². The van der Waals surface area contributed by atoms with E-state index < -0.39 is 0 Å². The van der Waals surface area contributed by atoms with Crippen LogP contribution in [0.2, 0.25) is 0 Å². The monoisotopic (exact) mass is 372 g/mol. The van der Waals surface area contributed by atoms with Gasteiger partial charge in [-0.25, -0.2) is 9.97 Å². The summed E-state index contributed by atoms with van der Waals surface area (Å²) in [4.78, 5) is 9.16. The summed E-state index contributed by atoms with van der Waals surface area (Å²) in [5.41, 5.74) is 11.3. The highest BCUT2D eigenvalue weighted by atomic mass is 32.1. The Kier molecular flexibility index (Phi) is 3.61. The number of hydrogen-bond donors (Lipinski definition) is 1. The standard InChI is InChI=1S/C20H16N6S/c1-12-22-9-10-26(12)18-4-2-3-17(23-18)15-8-7-13-5-6-14(11-16(13)15)19-24-25-20(21)27-19/h2-6,8-11H,7H2,1H3,(H2,21,25). The maximum Gasteiger partial charge on any atom is 0.203 e. The van der Waals surface area contributed by atoms with Gasteiger partial charge in [0.05, 0.1) is 5.69 Å². The Labute approximate surface area is 160 Å². The molecule has 0 atom stereocenters. The first-order valence-corrected chi connectivity index (χ1v) is 9.41. The van der Waals surface area contributed by atoms with Crippen LogP contribution in [0.15, 0.2) is 54.9 Å². The number of nitrogen functional groups attached to an aromatic ring is 1. The van der Waals surface area contributed by atoms with E-state index in [0.29, 0.717) is 5.13 Å². The lowest BCUT2D eigenvalue weighted by Crippen LogP contribution is -2.01. The third-order valence-corrected chi connectivity index (χ3v) is 5.50. The first-order valence-electron chi connectivity index (χ1n) is 8.59. The Morgan fingerprint density at radius 3 is 2.85 bits per heavy atom. The molecule has 4 aromatic rings. The molecule has 0 spiro atoms. The van der Waals surface area contributed by atoms with Gasteiger partial charge in [0.15, 0.2) is 0 Å². The van der Waals surface area contributed by atoms with Crippen molar-refractivity contribution in [3.8, 4) is 16.4 Å². The van der Waals surface area contributed by atoms with Gasteiger partial charge in [-0.2, -0.15) is 0 Å². The van der Waals surface area contributed by atoms with Crippen molar-refractivity contribution >= 4 is 22.0 Å². The van der Waals surface area contributed by atoms with Crippen LogP contribution in [0.25, 0.3) is 22.0 Å². The molecule has 27 heavy (non-hydrogen) atoms. The molecule has 3 aromatic heterocycles. The molecule has 1 aromatic carbocycles. The molecule has 7 heteroatoms. The van der Waals surface area contributed by atoms with Crippen molar-refractivity contribution in [2.24, 2.45) is 0 Å². The molecule has 2 N–H and O–H groups in total. The lowest BCUT2D eigenvalue weighted by molar-refractivity contribution is 0.929. The summed E-state index contributed by atoms with van der Waals surface area (Å²) in [6.45, 7) is 1.97. The summed E-state index contributed by atoms with van der Waals surface area (Å²) in [7, 11) is 0. The van der Waals surface area contributed by atoms with Crippen molar-refractivity contribution in [3.63, 3.8) is 0 Å². The number of pyridine rings is 1. The van der Waals surface area contributed by atoms with E-state index in [1.54, 1.807) is 6.20 Å². The van der Waals surface area contributed by atoms with Gasteiger partial charge < -0.3 is 5.73 Å². The molecule has 0 saturated carbocycles. The van der Waals surface area contributed by atoms with Gasteiger partial charge in [0.2, 0.25) is 5.13 Å². The van der Waals surface area contributed by atoms with Crippen LogP contribution in [0.5, 0.6) is 0 Å². The molecule has 0 bridgehead atoms. The second kappa shape index (κ2) is 6.14. The van der Waals surface area contributed by atoms with Crippen molar-refractivity contribution in [2.45, 2.75) is 13.3 Å². The molecule has 0 saturated heterocycles. The van der Waals surface area contributed by atoms with Gasteiger partial charge >= 0.3 is 0 Å². The first-order chi connectivity index (χ1) is 13.2. The van der Waals surface area contributed by atoms with Gasteiger partial charge in [0, 0.05) is 23.5 Å².